The molecule has 154 valence electrons. The quantitative estimate of drug-likeness (QED) is 0.681. The second kappa shape index (κ2) is 9.87. The van der Waals surface area contributed by atoms with E-state index >= 15 is 0 Å². The summed E-state index contributed by atoms with van der Waals surface area (Å²) in [5.74, 6) is -0.244. The van der Waals surface area contributed by atoms with Gasteiger partial charge in [-0.3, -0.25) is 9.59 Å². The molecule has 2 amide bonds. The first-order valence-corrected chi connectivity index (χ1v) is 10.4. The van der Waals surface area contributed by atoms with E-state index < -0.39 is 5.91 Å². The molecule has 0 bridgehead atoms. The minimum absolute atomic E-state index is 0.0522. The third-order valence-corrected chi connectivity index (χ3v) is 5.62. The summed E-state index contributed by atoms with van der Waals surface area (Å²) in [6.07, 6.45) is 1.13. The van der Waals surface area contributed by atoms with Gasteiger partial charge < -0.3 is 15.4 Å². The number of carbonyl (C=O) groups excluding carboxylic acids is 2. The number of piperidine rings is 1. The van der Waals surface area contributed by atoms with Crippen LogP contribution in [0.4, 0.5) is 4.39 Å². The largest absolute Gasteiger partial charge is 0.490 e. The molecule has 3 rings (SSSR count). The number of carbonyl (C=O) groups is 2. The van der Waals surface area contributed by atoms with Crippen LogP contribution < -0.4 is 10.5 Å². The number of ether oxygens (including phenoxy) is 1. The van der Waals surface area contributed by atoms with Gasteiger partial charge in [-0.25, -0.2) is 4.39 Å². The summed E-state index contributed by atoms with van der Waals surface area (Å²) in [6, 6.07) is 14.0. The second-order valence-corrected chi connectivity index (χ2v) is 8.18. The molecule has 1 heterocycles. The molecule has 7 heteroatoms. The number of rotatable bonds is 7. The monoisotopic (exact) mass is 462 g/mol. The summed E-state index contributed by atoms with van der Waals surface area (Å²) in [7, 11) is 0. The van der Waals surface area contributed by atoms with Crippen molar-refractivity contribution in [2.24, 2.45) is 11.7 Å². The smallest absolute Gasteiger partial charge is 0.222 e. The van der Waals surface area contributed by atoms with E-state index in [1.807, 2.05) is 24.3 Å². The maximum atomic E-state index is 13.8. The van der Waals surface area contributed by atoms with Crippen LogP contribution in [0, 0.1) is 11.7 Å². The van der Waals surface area contributed by atoms with Gasteiger partial charge in [0.15, 0.2) is 0 Å². The Morgan fingerprint density at radius 1 is 1.21 bits per heavy atom. The van der Waals surface area contributed by atoms with Crippen LogP contribution in [0.25, 0.3) is 0 Å². The minimum Gasteiger partial charge on any atom is -0.490 e. The third-order valence-electron chi connectivity index (χ3n) is 5.13. The highest BCUT2D eigenvalue weighted by atomic mass is 79.9. The van der Waals surface area contributed by atoms with Crippen molar-refractivity contribution in [1.82, 2.24) is 4.90 Å². The minimum atomic E-state index is -0.418. The molecule has 0 radical (unpaired) electrons. The number of nitrogens with zero attached hydrogens (tertiary/aromatic N) is 1. The summed E-state index contributed by atoms with van der Waals surface area (Å²) in [6.45, 7) is 0.932. The van der Waals surface area contributed by atoms with E-state index in [1.165, 1.54) is 6.07 Å². The number of aryl methyl sites for hydroxylation is 1. The molecule has 2 N–H and O–H groups in total. The zero-order valence-electron chi connectivity index (χ0n) is 16.0. The SMILES string of the molecule is NC(=O)C[C@H]1CN(C(=O)CCc2ccccc2F)CC[C@@H]1Oc1cccc(Br)c1. The topological polar surface area (TPSA) is 72.6 Å². The van der Waals surface area contributed by atoms with Crippen LogP contribution in [-0.4, -0.2) is 35.9 Å². The van der Waals surface area contributed by atoms with Gasteiger partial charge in [-0.15, -0.1) is 0 Å². The number of amides is 2. The zero-order valence-corrected chi connectivity index (χ0v) is 17.6. The molecule has 2 aromatic carbocycles. The van der Waals surface area contributed by atoms with Gasteiger partial charge in [0, 0.05) is 42.7 Å². The summed E-state index contributed by atoms with van der Waals surface area (Å²) < 4.78 is 20.8. The zero-order chi connectivity index (χ0) is 20.8. The number of primary amides is 1. The average Bonchev–Trinajstić information content (AvgIpc) is 2.68. The van der Waals surface area contributed by atoms with Gasteiger partial charge in [0.25, 0.3) is 0 Å². The predicted molar refractivity (Wildman–Crippen MR) is 112 cm³/mol. The Hall–Kier alpha value is -2.41. The van der Waals surface area contributed by atoms with Crippen molar-refractivity contribution in [1.29, 1.82) is 0 Å². The standard InChI is InChI=1S/C22H24BrFN2O3/c23-17-5-3-6-18(13-17)29-20-10-11-26(14-16(20)12-21(25)27)22(28)9-8-15-4-1-2-7-19(15)24/h1-7,13,16,20H,8-12,14H2,(H2,25,27)/t16-,20-/m0/s1. The van der Waals surface area contributed by atoms with Crippen LogP contribution in [0.1, 0.15) is 24.8 Å². The molecule has 29 heavy (non-hydrogen) atoms. The van der Waals surface area contributed by atoms with Gasteiger partial charge in [-0.1, -0.05) is 40.2 Å². The lowest BCUT2D eigenvalue weighted by atomic mass is 9.90. The normalized spacial score (nSPS) is 19.0. The van der Waals surface area contributed by atoms with Crippen LogP contribution in [-0.2, 0) is 16.0 Å². The van der Waals surface area contributed by atoms with E-state index in [4.69, 9.17) is 10.5 Å². The first-order valence-electron chi connectivity index (χ1n) is 9.64. The number of hydrogen-bond acceptors (Lipinski definition) is 3. The molecule has 2 atom stereocenters. The molecule has 1 fully saturated rings. The Balaban J connectivity index is 1.62. The molecule has 0 aliphatic carbocycles. The van der Waals surface area contributed by atoms with E-state index in [0.717, 1.165) is 4.47 Å². The lowest BCUT2D eigenvalue weighted by Crippen LogP contribution is -2.49. The lowest BCUT2D eigenvalue weighted by Gasteiger charge is -2.38. The highest BCUT2D eigenvalue weighted by molar-refractivity contribution is 9.10. The summed E-state index contributed by atoms with van der Waals surface area (Å²) >= 11 is 3.42. The van der Waals surface area contributed by atoms with Crippen molar-refractivity contribution in [2.75, 3.05) is 13.1 Å². The van der Waals surface area contributed by atoms with E-state index in [-0.39, 0.29) is 36.6 Å². The van der Waals surface area contributed by atoms with Crippen molar-refractivity contribution in [3.05, 3.63) is 64.4 Å². The molecular formula is C22H24BrFN2O3. The first kappa shape index (κ1) is 21.3. The van der Waals surface area contributed by atoms with Gasteiger partial charge >= 0.3 is 0 Å². The number of nitrogens with two attached hydrogens (primary N) is 1. The van der Waals surface area contributed by atoms with E-state index in [2.05, 4.69) is 15.9 Å². The molecule has 1 saturated heterocycles. The fraction of sp³-hybridized carbons (Fsp3) is 0.364. The Labute approximate surface area is 178 Å². The fourth-order valence-corrected chi connectivity index (χ4v) is 4.04. The van der Waals surface area contributed by atoms with Gasteiger partial charge in [0.2, 0.25) is 11.8 Å². The first-order chi connectivity index (χ1) is 13.9. The number of hydrogen-bond donors (Lipinski definition) is 1. The van der Waals surface area contributed by atoms with E-state index in [9.17, 15) is 14.0 Å². The molecule has 0 saturated carbocycles. The number of halogens is 2. The lowest BCUT2D eigenvalue weighted by molar-refractivity contribution is -0.136. The van der Waals surface area contributed by atoms with Crippen LogP contribution >= 0.6 is 15.9 Å². The maximum Gasteiger partial charge on any atom is 0.222 e. The molecule has 1 aliphatic rings. The van der Waals surface area contributed by atoms with Crippen LogP contribution in [0.3, 0.4) is 0 Å². The Kier molecular flexibility index (Phi) is 7.25. The van der Waals surface area contributed by atoms with Crippen molar-refractivity contribution >= 4 is 27.7 Å². The molecule has 1 aliphatic heterocycles. The van der Waals surface area contributed by atoms with Gasteiger partial charge in [-0.05, 0) is 36.2 Å². The molecular weight excluding hydrogens is 439 g/mol. The Morgan fingerprint density at radius 2 is 2.00 bits per heavy atom. The number of likely N-dealkylation sites (tertiary alicyclic amines) is 1. The average molecular weight is 463 g/mol. The Morgan fingerprint density at radius 3 is 2.72 bits per heavy atom. The fourth-order valence-electron chi connectivity index (χ4n) is 3.66. The van der Waals surface area contributed by atoms with Crippen molar-refractivity contribution in [3.63, 3.8) is 0 Å². The second-order valence-electron chi connectivity index (χ2n) is 7.26. The molecule has 0 aromatic heterocycles. The van der Waals surface area contributed by atoms with Crippen molar-refractivity contribution in [3.8, 4) is 5.75 Å². The number of benzene rings is 2. The third kappa shape index (κ3) is 6.03. The van der Waals surface area contributed by atoms with Crippen LogP contribution in [0.5, 0.6) is 5.75 Å². The predicted octanol–water partition coefficient (Wildman–Crippen LogP) is 3.69. The van der Waals surface area contributed by atoms with Crippen LogP contribution in [0.15, 0.2) is 53.0 Å². The van der Waals surface area contributed by atoms with Crippen LogP contribution in [0.2, 0.25) is 0 Å². The molecule has 0 spiro atoms. The molecule has 5 nitrogen and oxygen atoms in total. The van der Waals surface area contributed by atoms with E-state index in [1.54, 1.807) is 23.1 Å². The molecule has 0 unspecified atom stereocenters. The highest BCUT2D eigenvalue weighted by Crippen LogP contribution is 2.27. The highest BCUT2D eigenvalue weighted by Gasteiger charge is 2.33. The summed E-state index contributed by atoms with van der Waals surface area (Å²) in [5.41, 5.74) is 5.96. The van der Waals surface area contributed by atoms with Crippen molar-refractivity contribution < 1.29 is 18.7 Å². The summed E-state index contributed by atoms with van der Waals surface area (Å²) in [5, 5.41) is 0. The van der Waals surface area contributed by atoms with E-state index in [0.29, 0.717) is 37.2 Å². The maximum absolute atomic E-state index is 13.8. The molecule has 2 aromatic rings. The van der Waals surface area contributed by atoms with Gasteiger partial charge in [0.05, 0.1) is 0 Å². The van der Waals surface area contributed by atoms with Gasteiger partial charge in [-0.2, -0.15) is 0 Å². The van der Waals surface area contributed by atoms with Crippen molar-refractivity contribution in [2.45, 2.75) is 31.8 Å². The van der Waals surface area contributed by atoms with Gasteiger partial charge in [0.1, 0.15) is 17.7 Å². The summed E-state index contributed by atoms with van der Waals surface area (Å²) in [4.78, 5) is 26.0. The Bertz CT molecular complexity index is 877.